The standard InChI is InChI=1S/C26H32ClNO4/c1-25(2,3)32-24(29)10-13-28-14-11-26(12-15-28)18-31-23-16-20(8-9-21(23)26)30-17-19-6-4-5-7-22(19)27/h4-9,16H,10-15,17-18H2,1-3H3. The summed E-state index contributed by atoms with van der Waals surface area (Å²) in [6.07, 6.45) is 2.48. The monoisotopic (exact) mass is 457 g/mol. The van der Waals surface area contributed by atoms with Crippen LogP contribution in [0.1, 0.15) is 51.2 Å². The molecule has 0 aromatic heterocycles. The lowest BCUT2D eigenvalue weighted by Gasteiger charge is -2.38. The summed E-state index contributed by atoms with van der Waals surface area (Å²) in [6, 6.07) is 13.9. The zero-order valence-electron chi connectivity index (χ0n) is 19.2. The van der Waals surface area contributed by atoms with Gasteiger partial charge in [-0.3, -0.25) is 4.79 Å². The SMILES string of the molecule is CC(C)(C)OC(=O)CCN1CCC2(CC1)COc1cc(OCc3ccccc3Cl)ccc12. The number of rotatable bonds is 6. The summed E-state index contributed by atoms with van der Waals surface area (Å²) in [6.45, 7) is 9.49. The van der Waals surface area contributed by atoms with Gasteiger partial charge in [0, 0.05) is 34.2 Å². The summed E-state index contributed by atoms with van der Waals surface area (Å²) in [5, 5.41) is 0.710. The smallest absolute Gasteiger partial charge is 0.307 e. The Morgan fingerprint density at radius 2 is 1.91 bits per heavy atom. The van der Waals surface area contributed by atoms with Gasteiger partial charge in [0.1, 0.15) is 23.7 Å². The molecule has 0 saturated carbocycles. The minimum Gasteiger partial charge on any atom is -0.492 e. The molecule has 0 bridgehead atoms. The number of carbonyl (C=O) groups excluding carboxylic acids is 1. The van der Waals surface area contributed by atoms with Crippen LogP contribution < -0.4 is 9.47 Å². The van der Waals surface area contributed by atoms with E-state index in [-0.39, 0.29) is 11.4 Å². The van der Waals surface area contributed by atoms with E-state index >= 15 is 0 Å². The van der Waals surface area contributed by atoms with Gasteiger partial charge in [0.25, 0.3) is 0 Å². The second kappa shape index (κ2) is 9.32. The van der Waals surface area contributed by atoms with Crippen LogP contribution in [0.3, 0.4) is 0 Å². The fourth-order valence-electron chi connectivity index (χ4n) is 4.48. The van der Waals surface area contributed by atoms with E-state index in [1.807, 2.05) is 57.2 Å². The lowest BCUT2D eigenvalue weighted by molar-refractivity contribution is -0.155. The maximum atomic E-state index is 12.0. The van der Waals surface area contributed by atoms with Gasteiger partial charge in [0.05, 0.1) is 13.0 Å². The van der Waals surface area contributed by atoms with Gasteiger partial charge in [0.15, 0.2) is 0 Å². The Bertz CT molecular complexity index is 961. The highest BCUT2D eigenvalue weighted by molar-refractivity contribution is 6.31. The fourth-order valence-corrected chi connectivity index (χ4v) is 4.67. The van der Waals surface area contributed by atoms with Gasteiger partial charge in [-0.1, -0.05) is 35.9 Å². The molecule has 2 aromatic carbocycles. The number of hydrogen-bond donors (Lipinski definition) is 0. The highest BCUT2D eigenvalue weighted by Crippen LogP contribution is 2.46. The molecule has 0 radical (unpaired) electrons. The average molecular weight is 458 g/mol. The first-order chi connectivity index (χ1) is 15.2. The summed E-state index contributed by atoms with van der Waals surface area (Å²) in [5.41, 5.74) is 1.86. The molecule has 0 unspecified atom stereocenters. The van der Waals surface area contributed by atoms with Gasteiger partial charge < -0.3 is 19.1 Å². The Labute approximate surface area is 195 Å². The molecule has 2 aliphatic rings. The number of fused-ring (bicyclic) bond motifs is 2. The van der Waals surface area contributed by atoms with Gasteiger partial charge in [-0.2, -0.15) is 0 Å². The molecule has 0 aliphatic carbocycles. The summed E-state index contributed by atoms with van der Waals surface area (Å²) in [5.74, 6) is 1.58. The second-order valence-electron chi connectivity index (χ2n) is 9.79. The van der Waals surface area contributed by atoms with E-state index < -0.39 is 5.60 Å². The molecule has 5 nitrogen and oxygen atoms in total. The van der Waals surface area contributed by atoms with Gasteiger partial charge in [0.2, 0.25) is 0 Å². The molecule has 1 fully saturated rings. The molecule has 32 heavy (non-hydrogen) atoms. The molecular formula is C26H32ClNO4. The van der Waals surface area contributed by atoms with Crippen LogP contribution in [0.15, 0.2) is 42.5 Å². The third-order valence-corrected chi connectivity index (χ3v) is 6.61. The Balaban J connectivity index is 1.32. The molecular weight excluding hydrogens is 426 g/mol. The first-order valence-electron chi connectivity index (χ1n) is 11.3. The maximum Gasteiger partial charge on any atom is 0.307 e. The largest absolute Gasteiger partial charge is 0.492 e. The number of hydrogen-bond acceptors (Lipinski definition) is 5. The molecule has 0 N–H and O–H groups in total. The third kappa shape index (κ3) is 5.38. The van der Waals surface area contributed by atoms with Crippen molar-refractivity contribution >= 4 is 17.6 Å². The van der Waals surface area contributed by atoms with Crippen molar-refractivity contribution in [1.82, 2.24) is 4.90 Å². The van der Waals surface area contributed by atoms with Crippen molar-refractivity contribution in [2.75, 3.05) is 26.2 Å². The number of halogens is 1. The Morgan fingerprint density at radius 3 is 2.62 bits per heavy atom. The second-order valence-corrected chi connectivity index (χ2v) is 10.2. The average Bonchev–Trinajstić information content (AvgIpc) is 3.09. The quantitative estimate of drug-likeness (QED) is 0.545. The Hall–Kier alpha value is -2.24. The molecule has 0 atom stereocenters. The van der Waals surface area contributed by atoms with E-state index in [0.717, 1.165) is 49.5 Å². The van der Waals surface area contributed by atoms with Crippen LogP contribution in [0.25, 0.3) is 0 Å². The normalized spacial score (nSPS) is 17.6. The highest BCUT2D eigenvalue weighted by Gasteiger charge is 2.43. The van der Waals surface area contributed by atoms with Crippen molar-refractivity contribution in [2.24, 2.45) is 0 Å². The zero-order chi connectivity index (χ0) is 22.8. The Morgan fingerprint density at radius 1 is 1.16 bits per heavy atom. The van der Waals surface area contributed by atoms with Crippen molar-refractivity contribution in [2.45, 2.75) is 57.7 Å². The summed E-state index contributed by atoms with van der Waals surface area (Å²) < 4.78 is 17.5. The minimum atomic E-state index is -0.427. The van der Waals surface area contributed by atoms with Gasteiger partial charge >= 0.3 is 5.97 Å². The van der Waals surface area contributed by atoms with Crippen LogP contribution in [-0.4, -0.2) is 42.7 Å². The van der Waals surface area contributed by atoms with Crippen molar-refractivity contribution < 1.29 is 19.0 Å². The molecule has 2 aromatic rings. The molecule has 1 saturated heterocycles. The number of piperidine rings is 1. The number of ether oxygens (including phenoxy) is 3. The predicted molar refractivity (Wildman–Crippen MR) is 126 cm³/mol. The summed E-state index contributed by atoms with van der Waals surface area (Å²) >= 11 is 6.23. The maximum absolute atomic E-state index is 12.0. The van der Waals surface area contributed by atoms with Crippen LogP contribution in [-0.2, 0) is 21.6 Å². The van der Waals surface area contributed by atoms with Crippen LogP contribution in [0, 0.1) is 0 Å². The van der Waals surface area contributed by atoms with E-state index in [0.29, 0.717) is 24.7 Å². The topological polar surface area (TPSA) is 48.0 Å². The van der Waals surface area contributed by atoms with E-state index in [2.05, 4.69) is 11.0 Å². The molecule has 172 valence electrons. The summed E-state index contributed by atoms with van der Waals surface area (Å²) in [4.78, 5) is 14.4. The van der Waals surface area contributed by atoms with E-state index in [9.17, 15) is 4.79 Å². The van der Waals surface area contributed by atoms with Crippen molar-refractivity contribution in [3.63, 3.8) is 0 Å². The number of likely N-dealkylation sites (tertiary alicyclic amines) is 1. The van der Waals surface area contributed by atoms with E-state index in [1.54, 1.807) is 0 Å². The van der Waals surface area contributed by atoms with Crippen LogP contribution >= 0.6 is 11.6 Å². The lowest BCUT2D eigenvalue weighted by atomic mass is 9.74. The number of esters is 1. The van der Waals surface area contributed by atoms with Crippen LogP contribution in [0.4, 0.5) is 0 Å². The highest BCUT2D eigenvalue weighted by atomic mass is 35.5. The molecule has 2 aliphatic heterocycles. The number of nitrogens with zero attached hydrogens (tertiary/aromatic N) is 1. The molecule has 6 heteroatoms. The van der Waals surface area contributed by atoms with Gasteiger partial charge in [-0.25, -0.2) is 0 Å². The lowest BCUT2D eigenvalue weighted by Crippen LogP contribution is -2.44. The first kappa shape index (κ1) is 22.9. The van der Waals surface area contributed by atoms with Crippen LogP contribution in [0.5, 0.6) is 11.5 Å². The molecule has 0 amide bonds. The molecule has 4 rings (SSSR count). The van der Waals surface area contributed by atoms with Gasteiger partial charge in [-0.15, -0.1) is 0 Å². The third-order valence-electron chi connectivity index (χ3n) is 6.25. The Kier molecular flexibility index (Phi) is 6.68. The van der Waals surface area contributed by atoms with Crippen molar-refractivity contribution in [3.8, 4) is 11.5 Å². The zero-order valence-corrected chi connectivity index (χ0v) is 19.9. The predicted octanol–water partition coefficient (Wildman–Crippen LogP) is 5.38. The number of carbonyl (C=O) groups is 1. The van der Waals surface area contributed by atoms with E-state index in [4.69, 9.17) is 25.8 Å². The molecule has 2 heterocycles. The fraction of sp³-hybridized carbons (Fsp3) is 0.500. The van der Waals surface area contributed by atoms with Crippen molar-refractivity contribution in [3.05, 3.63) is 58.6 Å². The number of benzene rings is 2. The van der Waals surface area contributed by atoms with Crippen LogP contribution in [0.2, 0.25) is 5.02 Å². The van der Waals surface area contributed by atoms with E-state index in [1.165, 1.54) is 5.56 Å². The molecule has 1 spiro atoms. The van der Waals surface area contributed by atoms with Gasteiger partial charge in [-0.05, 0) is 58.8 Å². The van der Waals surface area contributed by atoms with Crippen molar-refractivity contribution in [1.29, 1.82) is 0 Å². The first-order valence-corrected chi connectivity index (χ1v) is 11.7. The summed E-state index contributed by atoms with van der Waals surface area (Å²) in [7, 11) is 0. The minimum absolute atomic E-state index is 0.0546.